The molecule has 1 atom stereocenters. The van der Waals surface area contributed by atoms with Crippen LogP contribution < -0.4 is 10.1 Å². The lowest BCUT2D eigenvalue weighted by atomic mass is 9.72. The maximum Gasteiger partial charge on any atom is 0.258 e. The third-order valence-corrected chi connectivity index (χ3v) is 6.65. The van der Waals surface area contributed by atoms with Crippen molar-refractivity contribution in [3.05, 3.63) is 108 Å². The molecule has 0 saturated heterocycles. The molecule has 0 saturated carbocycles. The van der Waals surface area contributed by atoms with Gasteiger partial charge in [-0.3, -0.25) is 4.79 Å². The minimum atomic E-state index is -0.524. The van der Waals surface area contributed by atoms with Crippen LogP contribution in [0.2, 0.25) is 0 Å². The highest BCUT2D eigenvalue weighted by atomic mass is 16.5. The molecule has 0 aliphatic carbocycles. The predicted octanol–water partition coefficient (Wildman–Crippen LogP) is 7.54. The number of carbonyl (C=O) groups is 1. The zero-order valence-corrected chi connectivity index (χ0v) is 22.4. The first kappa shape index (κ1) is 26.3. The van der Waals surface area contributed by atoms with Crippen LogP contribution in [0.5, 0.6) is 11.5 Å². The van der Waals surface area contributed by atoms with Crippen LogP contribution in [0.4, 0.5) is 0 Å². The third-order valence-electron chi connectivity index (χ3n) is 6.65. The maximum atomic E-state index is 13.1. The molecule has 0 radical (unpaired) electrons. The number of aromatic hydroxyl groups is 1. The summed E-state index contributed by atoms with van der Waals surface area (Å²) in [6.45, 7) is 11.2. The second-order valence-electron chi connectivity index (χ2n) is 11.6. The van der Waals surface area contributed by atoms with E-state index >= 15 is 0 Å². The second-order valence-corrected chi connectivity index (χ2v) is 11.6. The first-order valence-electron chi connectivity index (χ1n) is 12.8. The van der Waals surface area contributed by atoms with Crippen LogP contribution in [0, 0.1) is 5.41 Å². The molecule has 0 fully saturated rings. The Bertz CT molecular complexity index is 1350. The third kappa shape index (κ3) is 6.51. The topological polar surface area (TPSA) is 58.6 Å². The molecule has 4 nitrogen and oxygen atoms in total. The summed E-state index contributed by atoms with van der Waals surface area (Å²) in [6, 6.07) is 28.6. The molecule has 0 heterocycles. The van der Waals surface area contributed by atoms with Crippen molar-refractivity contribution in [1.82, 2.24) is 5.32 Å². The van der Waals surface area contributed by atoms with Gasteiger partial charge in [0.2, 0.25) is 0 Å². The molecule has 4 aromatic carbocycles. The standard InChI is InChI=1S/C33H37NO3/c1-32(2,3)22-33(4,5)25-16-18-26(19-17-25)37-21-29(36)34-31(24-12-7-6-8-13-24)30-27-14-10-9-11-23(27)15-20-28(30)35/h6-20,31,35H,21-22H2,1-5H3,(H,34,36). The summed E-state index contributed by atoms with van der Waals surface area (Å²) >= 11 is 0. The molecule has 0 aliphatic rings. The van der Waals surface area contributed by atoms with Crippen LogP contribution in [0.1, 0.15) is 63.8 Å². The number of benzene rings is 4. The summed E-state index contributed by atoms with van der Waals surface area (Å²) in [5.74, 6) is 0.523. The van der Waals surface area contributed by atoms with Crippen LogP contribution in [-0.2, 0) is 10.2 Å². The molecule has 4 rings (SSSR count). The predicted molar refractivity (Wildman–Crippen MR) is 151 cm³/mol. The molecule has 2 N–H and O–H groups in total. The number of fused-ring (bicyclic) bond motifs is 1. The number of hydrogen-bond donors (Lipinski definition) is 2. The van der Waals surface area contributed by atoms with E-state index in [-0.39, 0.29) is 29.1 Å². The van der Waals surface area contributed by atoms with Gasteiger partial charge in [-0.15, -0.1) is 0 Å². The molecule has 0 spiro atoms. The molecule has 192 valence electrons. The van der Waals surface area contributed by atoms with Gasteiger partial charge in [-0.05, 0) is 57.3 Å². The van der Waals surface area contributed by atoms with Gasteiger partial charge in [0.25, 0.3) is 5.91 Å². The maximum absolute atomic E-state index is 13.1. The van der Waals surface area contributed by atoms with Crippen LogP contribution >= 0.6 is 0 Å². The van der Waals surface area contributed by atoms with Crippen LogP contribution in [0.3, 0.4) is 0 Å². The van der Waals surface area contributed by atoms with E-state index in [4.69, 9.17) is 4.74 Å². The first-order valence-corrected chi connectivity index (χ1v) is 12.8. The van der Waals surface area contributed by atoms with E-state index in [1.807, 2.05) is 72.8 Å². The van der Waals surface area contributed by atoms with E-state index in [1.165, 1.54) is 5.56 Å². The molecular weight excluding hydrogens is 458 g/mol. The largest absolute Gasteiger partial charge is 0.508 e. The highest BCUT2D eigenvalue weighted by molar-refractivity contribution is 5.89. The highest BCUT2D eigenvalue weighted by Crippen LogP contribution is 2.37. The SMILES string of the molecule is CC(C)(C)CC(C)(C)c1ccc(OCC(=O)NC(c2ccccc2)c2c(O)ccc3ccccc23)cc1. The molecule has 4 heteroatoms. The van der Waals surface area contributed by atoms with Gasteiger partial charge in [-0.25, -0.2) is 0 Å². The first-order chi connectivity index (χ1) is 17.5. The number of carbonyl (C=O) groups excluding carboxylic acids is 1. The van der Waals surface area contributed by atoms with Gasteiger partial charge in [0.1, 0.15) is 11.5 Å². The zero-order valence-electron chi connectivity index (χ0n) is 22.4. The van der Waals surface area contributed by atoms with E-state index in [1.54, 1.807) is 6.07 Å². The normalized spacial score (nSPS) is 12.8. The highest BCUT2D eigenvalue weighted by Gasteiger charge is 2.27. The molecule has 1 unspecified atom stereocenters. The fourth-order valence-electron chi connectivity index (χ4n) is 5.34. The Morgan fingerprint density at radius 1 is 0.838 bits per heavy atom. The van der Waals surface area contributed by atoms with Gasteiger partial charge < -0.3 is 15.2 Å². The molecular formula is C33H37NO3. The minimum Gasteiger partial charge on any atom is -0.508 e. The monoisotopic (exact) mass is 495 g/mol. The second kappa shape index (κ2) is 10.7. The van der Waals surface area contributed by atoms with Crippen molar-refractivity contribution >= 4 is 16.7 Å². The summed E-state index contributed by atoms with van der Waals surface area (Å²) in [6.07, 6.45) is 1.06. The fraction of sp³-hybridized carbons (Fsp3) is 0.303. The van der Waals surface area contributed by atoms with Gasteiger partial charge in [0.05, 0.1) is 6.04 Å². The Morgan fingerprint density at radius 3 is 2.16 bits per heavy atom. The molecule has 0 bridgehead atoms. The van der Waals surface area contributed by atoms with E-state index in [9.17, 15) is 9.90 Å². The van der Waals surface area contributed by atoms with Crippen LogP contribution in [0.15, 0.2) is 91.0 Å². The lowest BCUT2D eigenvalue weighted by Crippen LogP contribution is -2.33. The molecule has 37 heavy (non-hydrogen) atoms. The average molecular weight is 496 g/mol. The van der Waals surface area contributed by atoms with Crippen molar-refractivity contribution < 1.29 is 14.6 Å². The average Bonchev–Trinajstić information content (AvgIpc) is 2.86. The van der Waals surface area contributed by atoms with E-state index < -0.39 is 6.04 Å². The van der Waals surface area contributed by atoms with Crippen molar-refractivity contribution in [1.29, 1.82) is 0 Å². The van der Waals surface area contributed by atoms with Crippen molar-refractivity contribution in [3.63, 3.8) is 0 Å². The van der Waals surface area contributed by atoms with Crippen LogP contribution in [-0.4, -0.2) is 17.6 Å². The van der Waals surface area contributed by atoms with E-state index in [0.717, 1.165) is 22.8 Å². The quantitative estimate of drug-likeness (QED) is 0.265. The fourth-order valence-corrected chi connectivity index (χ4v) is 5.34. The molecule has 0 aliphatic heterocycles. The van der Waals surface area contributed by atoms with Crippen molar-refractivity contribution in [2.24, 2.45) is 5.41 Å². The van der Waals surface area contributed by atoms with E-state index in [0.29, 0.717) is 11.3 Å². The minimum absolute atomic E-state index is 0.0392. The smallest absolute Gasteiger partial charge is 0.258 e. The lowest BCUT2D eigenvalue weighted by Gasteiger charge is -2.33. The summed E-state index contributed by atoms with van der Waals surface area (Å²) in [4.78, 5) is 13.1. The zero-order chi connectivity index (χ0) is 26.6. The van der Waals surface area contributed by atoms with Gasteiger partial charge in [0, 0.05) is 5.56 Å². The Hall–Kier alpha value is -3.79. The van der Waals surface area contributed by atoms with Gasteiger partial charge in [-0.2, -0.15) is 0 Å². The number of hydrogen-bond acceptors (Lipinski definition) is 3. The summed E-state index contributed by atoms with van der Waals surface area (Å²) < 4.78 is 5.85. The Kier molecular flexibility index (Phi) is 7.58. The van der Waals surface area contributed by atoms with Crippen LogP contribution in [0.25, 0.3) is 10.8 Å². The summed E-state index contributed by atoms with van der Waals surface area (Å²) in [7, 11) is 0. The molecule has 1 amide bonds. The molecule has 0 aromatic heterocycles. The Morgan fingerprint density at radius 2 is 1.49 bits per heavy atom. The van der Waals surface area contributed by atoms with Crippen molar-refractivity contribution in [2.75, 3.05) is 6.61 Å². The van der Waals surface area contributed by atoms with Crippen molar-refractivity contribution in [2.45, 2.75) is 52.5 Å². The van der Waals surface area contributed by atoms with Gasteiger partial charge in [0.15, 0.2) is 6.61 Å². The number of amides is 1. The Labute approximate surface area is 220 Å². The molecule has 4 aromatic rings. The number of rotatable bonds is 8. The Balaban J connectivity index is 1.51. The van der Waals surface area contributed by atoms with Crippen molar-refractivity contribution in [3.8, 4) is 11.5 Å². The number of phenols is 1. The van der Waals surface area contributed by atoms with E-state index in [2.05, 4.69) is 52.1 Å². The number of ether oxygens (including phenoxy) is 1. The number of phenolic OH excluding ortho intramolecular Hbond substituents is 1. The lowest BCUT2D eigenvalue weighted by molar-refractivity contribution is -0.123. The number of nitrogens with one attached hydrogen (secondary N) is 1. The van der Waals surface area contributed by atoms with Gasteiger partial charge in [-0.1, -0.05) is 107 Å². The summed E-state index contributed by atoms with van der Waals surface area (Å²) in [5.41, 5.74) is 3.06. The van der Waals surface area contributed by atoms with Gasteiger partial charge >= 0.3 is 0 Å². The summed E-state index contributed by atoms with van der Waals surface area (Å²) in [5, 5.41) is 15.8.